The molecular weight excluding hydrogens is 332 g/mol. The summed E-state index contributed by atoms with van der Waals surface area (Å²) in [5, 5.41) is 0.637. The van der Waals surface area contributed by atoms with E-state index in [1.807, 2.05) is 12.1 Å². The van der Waals surface area contributed by atoms with Gasteiger partial charge in [-0.2, -0.15) is 11.8 Å². The van der Waals surface area contributed by atoms with Crippen molar-refractivity contribution in [3.63, 3.8) is 0 Å². The topological polar surface area (TPSA) is 66.5 Å². The maximum Gasteiger partial charge on any atom is 0.239 e. The molecule has 1 fully saturated rings. The molecule has 1 aromatic rings. The van der Waals surface area contributed by atoms with Gasteiger partial charge in [-0.1, -0.05) is 23.7 Å². The molecule has 1 aliphatic rings. The number of thioether (sulfide) groups is 1. The van der Waals surface area contributed by atoms with Crippen LogP contribution in [-0.4, -0.2) is 50.1 Å². The average molecular weight is 349 g/mol. The molecule has 1 amide bonds. The quantitative estimate of drug-likeness (QED) is 0.895. The first kappa shape index (κ1) is 16.6. The van der Waals surface area contributed by atoms with Gasteiger partial charge in [-0.25, -0.2) is 13.1 Å². The highest BCUT2D eigenvalue weighted by Gasteiger charge is 2.30. The molecule has 116 valence electrons. The maximum absolute atomic E-state index is 12.3. The lowest BCUT2D eigenvalue weighted by Crippen LogP contribution is -2.44. The van der Waals surface area contributed by atoms with E-state index in [2.05, 4.69) is 4.72 Å². The normalized spacial score (nSPS) is 19.5. The fourth-order valence-corrected chi connectivity index (χ4v) is 4.03. The van der Waals surface area contributed by atoms with E-state index in [0.717, 1.165) is 17.1 Å². The largest absolute Gasteiger partial charge is 0.333 e. The summed E-state index contributed by atoms with van der Waals surface area (Å²) >= 11 is 7.64. The van der Waals surface area contributed by atoms with Crippen LogP contribution >= 0.6 is 23.4 Å². The van der Waals surface area contributed by atoms with Gasteiger partial charge in [0, 0.05) is 23.1 Å². The van der Waals surface area contributed by atoms with Gasteiger partial charge in [0.2, 0.25) is 15.9 Å². The summed E-state index contributed by atoms with van der Waals surface area (Å²) in [7, 11) is -2.24. The Morgan fingerprint density at radius 3 is 2.71 bits per heavy atom. The minimum Gasteiger partial charge on any atom is -0.333 e. The van der Waals surface area contributed by atoms with E-state index in [0.29, 0.717) is 11.6 Å². The van der Waals surface area contributed by atoms with Crippen molar-refractivity contribution in [3.8, 4) is 0 Å². The van der Waals surface area contributed by atoms with Crippen molar-refractivity contribution >= 4 is 39.3 Å². The van der Waals surface area contributed by atoms with Crippen molar-refractivity contribution in [2.45, 2.75) is 6.04 Å². The van der Waals surface area contributed by atoms with Gasteiger partial charge in [-0.15, -0.1) is 0 Å². The smallest absolute Gasteiger partial charge is 0.239 e. The molecule has 0 radical (unpaired) electrons. The second kappa shape index (κ2) is 7.00. The number of carbonyl (C=O) groups is 1. The standard InChI is InChI=1S/C13H17ClN2O3S2/c1-15-21(18,19)9-13(17)16-6-7-20-8-12(16)10-2-4-11(14)5-3-10/h2-5,12,15H,6-9H2,1H3/t12-/m1/s1. The number of rotatable bonds is 4. The average Bonchev–Trinajstić information content (AvgIpc) is 2.47. The Morgan fingerprint density at radius 1 is 1.43 bits per heavy atom. The molecule has 1 saturated heterocycles. The van der Waals surface area contributed by atoms with Crippen LogP contribution in [-0.2, 0) is 14.8 Å². The van der Waals surface area contributed by atoms with Crippen LogP contribution in [0.3, 0.4) is 0 Å². The summed E-state index contributed by atoms with van der Waals surface area (Å²) in [6.07, 6.45) is 0. The first-order valence-electron chi connectivity index (χ1n) is 6.47. The predicted molar refractivity (Wildman–Crippen MR) is 86.1 cm³/mol. The molecule has 1 heterocycles. The minimum atomic E-state index is -3.55. The summed E-state index contributed by atoms with van der Waals surface area (Å²) in [4.78, 5) is 13.9. The monoisotopic (exact) mass is 348 g/mol. The number of halogens is 1. The van der Waals surface area contributed by atoms with Crippen LogP contribution in [0, 0.1) is 0 Å². The molecule has 1 aliphatic heterocycles. The van der Waals surface area contributed by atoms with Crippen LogP contribution < -0.4 is 4.72 Å². The zero-order chi connectivity index (χ0) is 15.5. The SMILES string of the molecule is CNS(=O)(=O)CC(=O)N1CCSC[C@@H]1c1ccc(Cl)cc1. The van der Waals surface area contributed by atoms with Crippen molar-refractivity contribution in [2.75, 3.05) is 30.9 Å². The van der Waals surface area contributed by atoms with E-state index >= 15 is 0 Å². The molecule has 2 rings (SSSR count). The summed E-state index contributed by atoms with van der Waals surface area (Å²) in [6, 6.07) is 7.21. The molecule has 1 aromatic carbocycles. The zero-order valence-corrected chi connectivity index (χ0v) is 14.0. The number of nitrogens with one attached hydrogen (secondary N) is 1. The van der Waals surface area contributed by atoms with Crippen molar-refractivity contribution in [1.29, 1.82) is 0 Å². The highest BCUT2D eigenvalue weighted by atomic mass is 35.5. The summed E-state index contributed by atoms with van der Waals surface area (Å²) in [5.41, 5.74) is 0.974. The molecule has 0 saturated carbocycles. The Bertz CT molecular complexity index is 604. The van der Waals surface area contributed by atoms with Crippen molar-refractivity contribution in [2.24, 2.45) is 0 Å². The Morgan fingerprint density at radius 2 is 2.10 bits per heavy atom. The Hall–Kier alpha value is -0.760. The van der Waals surface area contributed by atoms with E-state index in [1.54, 1.807) is 28.8 Å². The summed E-state index contributed by atoms with van der Waals surface area (Å²) in [5.74, 6) is 0.685. The van der Waals surface area contributed by atoms with Gasteiger partial charge in [0.25, 0.3) is 0 Å². The van der Waals surface area contributed by atoms with Crippen LogP contribution in [0.2, 0.25) is 5.02 Å². The van der Waals surface area contributed by atoms with Gasteiger partial charge in [0.1, 0.15) is 5.75 Å². The molecule has 8 heteroatoms. The summed E-state index contributed by atoms with van der Waals surface area (Å²) < 4.78 is 25.3. The van der Waals surface area contributed by atoms with Crippen LogP contribution in [0.15, 0.2) is 24.3 Å². The van der Waals surface area contributed by atoms with Crippen molar-refractivity contribution in [1.82, 2.24) is 9.62 Å². The Balaban J connectivity index is 2.19. The Kier molecular flexibility index (Phi) is 5.54. The second-order valence-electron chi connectivity index (χ2n) is 4.69. The molecule has 0 aromatic heterocycles. The van der Waals surface area contributed by atoms with E-state index in [9.17, 15) is 13.2 Å². The van der Waals surface area contributed by atoms with Gasteiger partial charge in [-0.3, -0.25) is 4.79 Å². The number of amides is 1. The molecule has 0 aliphatic carbocycles. The molecule has 0 unspecified atom stereocenters. The number of sulfonamides is 1. The van der Waals surface area contributed by atoms with Gasteiger partial charge in [0.05, 0.1) is 6.04 Å². The molecule has 5 nitrogen and oxygen atoms in total. The predicted octanol–water partition coefficient (Wildman–Crippen LogP) is 1.51. The van der Waals surface area contributed by atoms with E-state index in [1.165, 1.54) is 7.05 Å². The lowest BCUT2D eigenvalue weighted by atomic mass is 10.1. The Labute approximate surface area is 134 Å². The van der Waals surface area contributed by atoms with E-state index in [-0.39, 0.29) is 11.9 Å². The first-order chi connectivity index (χ1) is 9.93. The van der Waals surface area contributed by atoms with Crippen molar-refractivity contribution in [3.05, 3.63) is 34.9 Å². The third-order valence-corrected chi connectivity index (χ3v) is 5.85. The molecule has 1 N–H and O–H groups in total. The first-order valence-corrected chi connectivity index (χ1v) is 9.65. The van der Waals surface area contributed by atoms with Crippen LogP contribution in [0.1, 0.15) is 11.6 Å². The maximum atomic E-state index is 12.3. The third kappa shape index (κ3) is 4.35. The highest BCUT2D eigenvalue weighted by molar-refractivity contribution is 7.99. The van der Waals surface area contributed by atoms with E-state index in [4.69, 9.17) is 11.6 Å². The van der Waals surface area contributed by atoms with Crippen LogP contribution in [0.4, 0.5) is 0 Å². The van der Waals surface area contributed by atoms with Gasteiger partial charge in [0.15, 0.2) is 0 Å². The molecule has 1 atom stereocenters. The third-order valence-electron chi connectivity index (χ3n) is 3.33. The van der Waals surface area contributed by atoms with Gasteiger partial charge >= 0.3 is 0 Å². The van der Waals surface area contributed by atoms with E-state index < -0.39 is 15.8 Å². The lowest BCUT2D eigenvalue weighted by Gasteiger charge is -2.35. The van der Waals surface area contributed by atoms with Gasteiger partial charge in [-0.05, 0) is 24.7 Å². The van der Waals surface area contributed by atoms with Crippen LogP contribution in [0.5, 0.6) is 0 Å². The van der Waals surface area contributed by atoms with Crippen LogP contribution in [0.25, 0.3) is 0 Å². The molecular formula is C13H17ClN2O3S2. The summed E-state index contributed by atoms with van der Waals surface area (Å²) in [6.45, 7) is 0.552. The number of hydrogen-bond donors (Lipinski definition) is 1. The molecule has 0 spiro atoms. The number of benzene rings is 1. The molecule has 0 bridgehead atoms. The number of hydrogen-bond acceptors (Lipinski definition) is 4. The zero-order valence-electron chi connectivity index (χ0n) is 11.6. The van der Waals surface area contributed by atoms with Crippen molar-refractivity contribution < 1.29 is 13.2 Å². The fourth-order valence-electron chi connectivity index (χ4n) is 2.18. The second-order valence-corrected chi connectivity index (χ2v) is 8.21. The highest BCUT2D eigenvalue weighted by Crippen LogP contribution is 2.30. The lowest BCUT2D eigenvalue weighted by molar-refractivity contribution is -0.130. The number of nitrogens with zero attached hydrogens (tertiary/aromatic N) is 1. The van der Waals surface area contributed by atoms with Gasteiger partial charge < -0.3 is 4.90 Å². The fraction of sp³-hybridized carbons (Fsp3) is 0.462. The minimum absolute atomic E-state index is 0.111. The molecule has 21 heavy (non-hydrogen) atoms. The number of carbonyl (C=O) groups excluding carboxylic acids is 1.